The van der Waals surface area contributed by atoms with Crippen molar-refractivity contribution in [2.24, 2.45) is 10.8 Å². The second-order valence-corrected chi connectivity index (χ2v) is 20.3. The second kappa shape index (κ2) is 22.9. The Labute approximate surface area is 426 Å². The minimum Gasteiger partial charge on any atom is -0.508 e. The van der Waals surface area contributed by atoms with E-state index < -0.39 is 10.8 Å². The van der Waals surface area contributed by atoms with Crippen LogP contribution in [0.2, 0.25) is 0 Å². The number of aromatic hydroxyl groups is 2. The van der Waals surface area contributed by atoms with Gasteiger partial charge in [-0.1, -0.05) is 48.5 Å². The highest BCUT2D eigenvalue weighted by Gasteiger charge is 2.30. The molecule has 0 aliphatic heterocycles. The number of rotatable bonds is 10. The predicted molar refractivity (Wildman–Crippen MR) is 287 cm³/mol. The lowest BCUT2D eigenvalue weighted by Crippen LogP contribution is -2.32. The van der Waals surface area contributed by atoms with Gasteiger partial charge < -0.3 is 29.5 Å². The molecule has 2 amide bonds. The Bertz CT molecular complexity index is 2650. The predicted octanol–water partition coefficient (Wildman–Crippen LogP) is 12.7. The average Bonchev–Trinajstić information content (AvgIpc) is 3.34. The van der Waals surface area contributed by atoms with E-state index in [1.165, 1.54) is 46.5 Å². The molecule has 2 aliphatic rings. The van der Waals surface area contributed by atoms with Crippen LogP contribution in [0.4, 0.5) is 11.4 Å². The van der Waals surface area contributed by atoms with Crippen molar-refractivity contribution in [3.63, 3.8) is 0 Å². The number of para-hydroxylation sites is 2. The van der Waals surface area contributed by atoms with Crippen LogP contribution in [0, 0.1) is 10.8 Å². The van der Waals surface area contributed by atoms with E-state index in [-0.39, 0.29) is 60.6 Å². The monoisotopic (exact) mass is 976 g/mol. The van der Waals surface area contributed by atoms with Gasteiger partial charge in [-0.05, 0) is 224 Å². The Balaban J connectivity index is 0.000000229. The van der Waals surface area contributed by atoms with E-state index in [0.29, 0.717) is 35.7 Å². The number of amides is 2. The Morgan fingerprint density at radius 1 is 0.507 bits per heavy atom. The van der Waals surface area contributed by atoms with E-state index in [1.54, 1.807) is 24.3 Å². The molecule has 0 saturated carbocycles. The van der Waals surface area contributed by atoms with Crippen LogP contribution in [0.3, 0.4) is 0 Å². The molecule has 11 heteroatoms. The van der Waals surface area contributed by atoms with E-state index in [9.17, 15) is 29.4 Å². The molecule has 0 heterocycles. The van der Waals surface area contributed by atoms with Gasteiger partial charge in [-0.25, -0.2) is 0 Å². The van der Waals surface area contributed by atoms with Crippen LogP contribution in [0.5, 0.6) is 23.0 Å². The Morgan fingerprint density at radius 2 is 0.859 bits per heavy atom. The molecule has 0 aromatic heterocycles. The molecule has 10 nitrogen and oxygen atoms in total. The van der Waals surface area contributed by atoms with Crippen molar-refractivity contribution in [2.75, 3.05) is 22.9 Å². The van der Waals surface area contributed by atoms with E-state index >= 15 is 0 Å². The van der Waals surface area contributed by atoms with Crippen LogP contribution in [0.15, 0.2) is 133 Å². The topological polar surface area (TPSA) is 134 Å². The summed E-state index contributed by atoms with van der Waals surface area (Å²) in [7, 11) is 0. The van der Waals surface area contributed by atoms with Gasteiger partial charge >= 0.3 is 11.9 Å². The molecular formula is C60H68N2O8S. The number of phenols is 2. The molecule has 8 rings (SSSR count). The van der Waals surface area contributed by atoms with E-state index in [1.807, 2.05) is 126 Å². The van der Waals surface area contributed by atoms with Crippen molar-refractivity contribution < 1.29 is 38.9 Å². The molecule has 0 spiro atoms. The van der Waals surface area contributed by atoms with Crippen LogP contribution in [-0.2, 0) is 35.3 Å². The number of nitrogens with zero attached hydrogens (tertiary/aromatic N) is 2. The average molecular weight is 977 g/mol. The standard InChI is InChI=1S/2C30H33NO4.H2S/c2*1-5-31(28(33)20-12-15-24(32)16-13-20)27-9-7-6-8-26(27)23-11-10-22-19-25(17-14-21(22)18-23)35-29(34)30(2,3)4;/h2*6-9,12-17,19,23,32H,5,10-11,18H2,1-4H3;1H2/t2*23-;/m10./s1. The fourth-order valence-corrected chi connectivity index (χ4v) is 9.16. The fraction of sp³-hybridized carbons (Fsp3) is 0.333. The summed E-state index contributed by atoms with van der Waals surface area (Å²) < 4.78 is 11.2. The summed E-state index contributed by atoms with van der Waals surface area (Å²) in [6, 6.07) is 40.9. The molecule has 0 unspecified atom stereocenters. The zero-order valence-corrected chi connectivity index (χ0v) is 43.3. The minimum absolute atomic E-state index is 0. The zero-order chi connectivity index (χ0) is 50.3. The number of benzene rings is 6. The first-order valence-electron chi connectivity index (χ1n) is 24.4. The Kier molecular flexibility index (Phi) is 17.3. The van der Waals surface area contributed by atoms with Gasteiger partial charge in [0.05, 0.1) is 10.8 Å². The van der Waals surface area contributed by atoms with Gasteiger partial charge in [0.1, 0.15) is 23.0 Å². The summed E-state index contributed by atoms with van der Waals surface area (Å²) in [5, 5.41) is 19.2. The third kappa shape index (κ3) is 12.9. The Morgan fingerprint density at radius 3 is 1.20 bits per heavy atom. The number of carbonyl (C=O) groups excluding carboxylic acids is 4. The number of fused-ring (bicyclic) bond motifs is 2. The first kappa shape index (κ1) is 53.5. The molecule has 0 saturated heterocycles. The van der Waals surface area contributed by atoms with Gasteiger partial charge in [-0.15, -0.1) is 0 Å². The van der Waals surface area contributed by atoms with Crippen LogP contribution >= 0.6 is 13.5 Å². The molecule has 2 aliphatic carbocycles. The maximum Gasteiger partial charge on any atom is 0.316 e. The van der Waals surface area contributed by atoms with Crippen LogP contribution in [-0.4, -0.2) is 47.1 Å². The maximum absolute atomic E-state index is 13.3. The molecule has 2 N–H and O–H groups in total. The van der Waals surface area contributed by atoms with Gasteiger partial charge in [0, 0.05) is 35.6 Å². The van der Waals surface area contributed by atoms with Crippen molar-refractivity contribution in [2.45, 2.75) is 106 Å². The minimum atomic E-state index is -0.548. The normalized spacial score (nSPS) is 15.0. The molecule has 2 atom stereocenters. The van der Waals surface area contributed by atoms with Gasteiger partial charge in [-0.3, -0.25) is 19.2 Å². The maximum atomic E-state index is 13.3. The van der Waals surface area contributed by atoms with E-state index in [0.717, 1.165) is 61.0 Å². The zero-order valence-electron chi connectivity index (χ0n) is 42.3. The first-order valence-corrected chi connectivity index (χ1v) is 24.4. The highest BCUT2D eigenvalue weighted by atomic mass is 32.1. The highest BCUT2D eigenvalue weighted by Crippen LogP contribution is 2.41. The smallest absolute Gasteiger partial charge is 0.316 e. The molecular weight excluding hydrogens is 909 g/mol. The number of esters is 2. The molecule has 71 heavy (non-hydrogen) atoms. The van der Waals surface area contributed by atoms with E-state index in [2.05, 4.69) is 24.3 Å². The van der Waals surface area contributed by atoms with Crippen LogP contribution in [0.1, 0.15) is 134 Å². The third-order valence-electron chi connectivity index (χ3n) is 13.1. The number of anilines is 2. The number of phenolic OH excluding ortho intramolecular Hbond substituents is 2. The van der Waals surface area contributed by atoms with Gasteiger partial charge in [0.15, 0.2) is 0 Å². The van der Waals surface area contributed by atoms with Gasteiger partial charge in [0.2, 0.25) is 0 Å². The SMILES string of the molecule is CCN(C(=O)c1ccc(O)cc1)c1ccccc1[C@@H]1CCc2cc(OC(=O)C(C)(C)C)ccc2C1.CCN(C(=O)c1ccc(O)cc1)c1ccccc1[C@H]1CCc2cc(OC(=O)C(C)(C)C)ccc2C1.S. The second-order valence-electron chi connectivity index (χ2n) is 20.3. The lowest BCUT2D eigenvalue weighted by atomic mass is 9.79. The molecule has 6 aromatic rings. The summed E-state index contributed by atoms with van der Waals surface area (Å²) in [6.07, 6.45) is 5.40. The first-order chi connectivity index (χ1) is 33.3. The van der Waals surface area contributed by atoms with Crippen LogP contribution in [0.25, 0.3) is 0 Å². The fourth-order valence-electron chi connectivity index (χ4n) is 9.16. The third-order valence-corrected chi connectivity index (χ3v) is 13.1. The van der Waals surface area contributed by atoms with E-state index in [4.69, 9.17) is 9.47 Å². The Hall–Kier alpha value is -6.85. The summed E-state index contributed by atoms with van der Waals surface area (Å²) in [5.74, 6) is 1.40. The molecule has 0 radical (unpaired) electrons. The van der Waals surface area contributed by atoms with Crippen molar-refractivity contribution in [3.8, 4) is 23.0 Å². The van der Waals surface area contributed by atoms with Crippen molar-refractivity contribution >= 4 is 48.6 Å². The number of hydrogen-bond acceptors (Lipinski definition) is 8. The highest BCUT2D eigenvalue weighted by molar-refractivity contribution is 7.59. The quantitative estimate of drug-likeness (QED) is 0.102. The summed E-state index contributed by atoms with van der Waals surface area (Å²) in [4.78, 5) is 54.8. The number of ether oxygens (including phenoxy) is 2. The van der Waals surface area contributed by atoms with Gasteiger partial charge in [0.25, 0.3) is 11.8 Å². The van der Waals surface area contributed by atoms with Crippen molar-refractivity contribution in [1.29, 1.82) is 0 Å². The molecule has 0 fully saturated rings. The lowest BCUT2D eigenvalue weighted by Gasteiger charge is -2.30. The molecule has 0 bridgehead atoms. The largest absolute Gasteiger partial charge is 0.508 e. The van der Waals surface area contributed by atoms with Gasteiger partial charge in [-0.2, -0.15) is 13.5 Å². The number of carbonyl (C=O) groups is 4. The summed E-state index contributed by atoms with van der Waals surface area (Å²) >= 11 is 0. The molecule has 6 aromatic carbocycles. The van der Waals surface area contributed by atoms with Crippen molar-refractivity contribution in [1.82, 2.24) is 0 Å². The lowest BCUT2D eigenvalue weighted by molar-refractivity contribution is -0.143. The number of hydrogen-bond donors (Lipinski definition) is 2. The summed E-state index contributed by atoms with van der Waals surface area (Å²) in [6.45, 7) is 16.1. The molecule has 372 valence electrons. The number of aryl methyl sites for hydroxylation is 2. The summed E-state index contributed by atoms with van der Waals surface area (Å²) in [5.41, 5.74) is 9.10. The van der Waals surface area contributed by atoms with Crippen molar-refractivity contribution in [3.05, 3.63) is 178 Å². The van der Waals surface area contributed by atoms with Crippen LogP contribution < -0.4 is 19.3 Å².